The lowest BCUT2D eigenvalue weighted by molar-refractivity contribution is -0.108. The van der Waals surface area contributed by atoms with Crippen LogP contribution >= 0.6 is 0 Å². The van der Waals surface area contributed by atoms with Crippen molar-refractivity contribution in [3.8, 4) is 0 Å². The molecule has 11 heavy (non-hydrogen) atoms. The second kappa shape index (κ2) is 5.30. The molecule has 0 unspecified atom stereocenters. The van der Waals surface area contributed by atoms with Crippen molar-refractivity contribution in [2.24, 2.45) is 5.92 Å². The summed E-state index contributed by atoms with van der Waals surface area (Å²) in [4.78, 5) is 10.0. The van der Waals surface area contributed by atoms with Gasteiger partial charge in [0.2, 0.25) is 0 Å². The first-order chi connectivity index (χ1) is 5.43. The fourth-order valence-corrected chi connectivity index (χ4v) is 1.52. The fourth-order valence-electron chi connectivity index (χ4n) is 1.52. The second-order valence-electron chi connectivity index (χ2n) is 3.15. The summed E-state index contributed by atoms with van der Waals surface area (Å²) in [5, 5.41) is 0. The second-order valence-corrected chi connectivity index (χ2v) is 3.15. The highest BCUT2D eigenvalue weighted by atomic mass is 16.5. The summed E-state index contributed by atoms with van der Waals surface area (Å²) >= 11 is 0. The van der Waals surface area contributed by atoms with E-state index in [-0.39, 0.29) is 0 Å². The smallest absolute Gasteiger partial charge is 0.119 e. The van der Waals surface area contributed by atoms with Gasteiger partial charge < -0.3 is 9.53 Å². The molecule has 2 heteroatoms. The maximum atomic E-state index is 10.0. The Kier molecular flexibility index (Phi) is 4.21. The zero-order chi connectivity index (χ0) is 7.94. The van der Waals surface area contributed by atoms with Crippen molar-refractivity contribution in [1.29, 1.82) is 0 Å². The lowest BCUT2D eigenvalue weighted by Crippen LogP contribution is -2.15. The molecule has 0 N–H and O–H groups in total. The monoisotopic (exact) mass is 156 g/mol. The van der Waals surface area contributed by atoms with Crippen LogP contribution in [0, 0.1) is 5.92 Å². The van der Waals surface area contributed by atoms with Crippen molar-refractivity contribution in [3.63, 3.8) is 0 Å². The van der Waals surface area contributed by atoms with Crippen molar-refractivity contribution < 1.29 is 9.53 Å². The molecule has 0 aromatic rings. The van der Waals surface area contributed by atoms with E-state index in [1.54, 1.807) is 0 Å². The molecule has 1 heterocycles. The number of aldehydes is 1. The first-order valence-corrected chi connectivity index (χ1v) is 4.45. The molecule has 0 bridgehead atoms. The Morgan fingerprint density at radius 2 is 2.09 bits per heavy atom. The Labute approximate surface area is 67.9 Å². The average Bonchev–Trinajstić information content (AvgIpc) is 2.07. The third-order valence-electron chi connectivity index (χ3n) is 2.28. The highest BCUT2D eigenvalue weighted by molar-refractivity contribution is 5.48. The van der Waals surface area contributed by atoms with Crippen LogP contribution < -0.4 is 0 Å². The summed E-state index contributed by atoms with van der Waals surface area (Å²) in [5.74, 6) is 0.823. The number of rotatable bonds is 4. The highest BCUT2D eigenvalue weighted by Gasteiger charge is 2.12. The van der Waals surface area contributed by atoms with E-state index in [0.29, 0.717) is 0 Å². The summed E-state index contributed by atoms with van der Waals surface area (Å²) in [5.41, 5.74) is 0. The summed E-state index contributed by atoms with van der Waals surface area (Å²) in [6.07, 6.45) is 6.41. The van der Waals surface area contributed by atoms with Crippen LogP contribution in [0.3, 0.4) is 0 Å². The fraction of sp³-hybridized carbons (Fsp3) is 0.889. The van der Waals surface area contributed by atoms with Gasteiger partial charge >= 0.3 is 0 Å². The molecule has 2 nitrogen and oxygen atoms in total. The molecule has 0 radical (unpaired) electrons. The molecular weight excluding hydrogens is 140 g/mol. The Hall–Kier alpha value is -0.370. The van der Waals surface area contributed by atoms with Crippen LogP contribution in [0.25, 0.3) is 0 Å². The van der Waals surface area contributed by atoms with Gasteiger partial charge in [-0.05, 0) is 31.6 Å². The van der Waals surface area contributed by atoms with Crippen LogP contribution in [0.1, 0.15) is 32.1 Å². The predicted octanol–water partition coefficient (Wildman–Crippen LogP) is 1.78. The van der Waals surface area contributed by atoms with Gasteiger partial charge in [-0.1, -0.05) is 0 Å². The van der Waals surface area contributed by atoms with Gasteiger partial charge in [0, 0.05) is 19.6 Å². The molecule has 1 aliphatic heterocycles. The van der Waals surface area contributed by atoms with Gasteiger partial charge in [-0.2, -0.15) is 0 Å². The summed E-state index contributed by atoms with van der Waals surface area (Å²) in [7, 11) is 0. The van der Waals surface area contributed by atoms with Crippen molar-refractivity contribution in [2.45, 2.75) is 32.1 Å². The van der Waals surface area contributed by atoms with E-state index in [1.165, 1.54) is 19.3 Å². The number of hydrogen-bond donors (Lipinski definition) is 0. The molecule has 0 aromatic heterocycles. The minimum atomic E-state index is 0.733. The Balaban J connectivity index is 2.00. The third-order valence-corrected chi connectivity index (χ3v) is 2.28. The zero-order valence-corrected chi connectivity index (χ0v) is 6.92. The lowest BCUT2D eigenvalue weighted by Gasteiger charge is -2.21. The van der Waals surface area contributed by atoms with Crippen LogP contribution in [-0.4, -0.2) is 19.5 Å². The molecule has 1 saturated heterocycles. The van der Waals surface area contributed by atoms with E-state index in [1.807, 2.05) is 0 Å². The van der Waals surface area contributed by atoms with Crippen LogP contribution in [0.15, 0.2) is 0 Å². The molecule has 0 spiro atoms. The van der Waals surface area contributed by atoms with Crippen molar-refractivity contribution >= 4 is 6.29 Å². The normalized spacial score (nSPS) is 20.0. The lowest BCUT2D eigenvalue weighted by atomic mass is 9.94. The zero-order valence-electron chi connectivity index (χ0n) is 6.92. The molecule has 0 aromatic carbocycles. The van der Waals surface area contributed by atoms with E-state index in [9.17, 15) is 4.79 Å². The standard InChI is InChI=1S/C9H16O2/c10-6-2-1-3-9-4-7-11-8-5-9/h6,9H,1-5,7-8H2. The molecule has 1 rings (SSSR count). The first-order valence-electron chi connectivity index (χ1n) is 4.45. The van der Waals surface area contributed by atoms with Crippen molar-refractivity contribution in [2.75, 3.05) is 13.2 Å². The Morgan fingerprint density at radius 1 is 1.36 bits per heavy atom. The van der Waals surface area contributed by atoms with Crippen LogP contribution in [0.4, 0.5) is 0 Å². The van der Waals surface area contributed by atoms with Gasteiger partial charge in [0.05, 0.1) is 0 Å². The molecule has 1 aliphatic rings. The number of carbonyl (C=O) groups is 1. The maximum Gasteiger partial charge on any atom is 0.119 e. The van der Waals surface area contributed by atoms with Gasteiger partial charge in [-0.25, -0.2) is 0 Å². The van der Waals surface area contributed by atoms with Gasteiger partial charge in [0.15, 0.2) is 0 Å². The van der Waals surface area contributed by atoms with E-state index >= 15 is 0 Å². The SMILES string of the molecule is O=CCCCC1CCOCC1. The van der Waals surface area contributed by atoms with E-state index in [2.05, 4.69) is 0 Å². The predicted molar refractivity (Wildman–Crippen MR) is 43.5 cm³/mol. The minimum absolute atomic E-state index is 0.733. The van der Waals surface area contributed by atoms with Gasteiger partial charge in [-0.3, -0.25) is 0 Å². The van der Waals surface area contributed by atoms with E-state index < -0.39 is 0 Å². The topological polar surface area (TPSA) is 26.3 Å². The number of unbranched alkanes of at least 4 members (excludes halogenated alkanes) is 1. The minimum Gasteiger partial charge on any atom is -0.381 e. The average molecular weight is 156 g/mol. The summed E-state index contributed by atoms with van der Waals surface area (Å²) in [6.45, 7) is 1.84. The maximum absolute atomic E-state index is 10.0. The summed E-state index contributed by atoms with van der Waals surface area (Å²) in [6, 6.07) is 0. The summed E-state index contributed by atoms with van der Waals surface area (Å²) < 4.78 is 5.24. The largest absolute Gasteiger partial charge is 0.381 e. The molecule has 64 valence electrons. The first kappa shape index (κ1) is 8.72. The number of hydrogen-bond acceptors (Lipinski definition) is 2. The van der Waals surface area contributed by atoms with Crippen LogP contribution in [0.2, 0.25) is 0 Å². The molecule has 0 amide bonds. The molecule has 0 atom stereocenters. The Morgan fingerprint density at radius 3 is 2.73 bits per heavy atom. The van der Waals surface area contributed by atoms with E-state index in [0.717, 1.165) is 38.3 Å². The highest BCUT2D eigenvalue weighted by Crippen LogP contribution is 2.20. The van der Waals surface area contributed by atoms with Crippen molar-refractivity contribution in [3.05, 3.63) is 0 Å². The number of ether oxygens (including phenoxy) is 1. The quantitative estimate of drug-likeness (QED) is 0.458. The van der Waals surface area contributed by atoms with E-state index in [4.69, 9.17) is 4.74 Å². The molecular formula is C9H16O2. The van der Waals surface area contributed by atoms with Gasteiger partial charge in [0.25, 0.3) is 0 Å². The van der Waals surface area contributed by atoms with Gasteiger partial charge in [-0.15, -0.1) is 0 Å². The van der Waals surface area contributed by atoms with Crippen LogP contribution in [-0.2, 0) is 9.53 Å². The third kappa shape index (κ3) is 3.51. The molecule has 0 saturated carbocycles. The Bertz CT molecular complexity index is 106. The number of carbonyl (C=O) groups excluding carboxylic acids is 1. The van der Waals surface area contributed by atoms with Crippen molar-refractivity contribution in [1.82, 2.24) is 0 Å². The molecule has 1 fully saturated rings. The molecule has 0 aliphatic carbocycles. The van der Waals surface area contributed by atoms with Crippen LogP contribution in [0.5, 0.6) is 0 Å². The van der Waals surface area contributed by atoms with Gasteiger partial charge in [0.1, 0.15) is 6.29 Å².